The van der Waals surface area contributed by atoms with E-state index in [1.54, 1.807) is 6.07 Å². The van der Waals surface area contributed by atoms with Crippen LogP contribution in [-0.4, -0.2) is 30.3 Å². The minimum Gasteiger partial charge on any atom is -0.481 e. The van der Waals surface area contributed by atoms with Crippen molar-refractivity contribution in [3.05, 3.63) is 29.6 Å². The van der Waals surface area contributed by atoms with Crippen LogP contribution >= 0.6 is 0 Å². The number of halogens is 1. The Labute approximate surface area is 112 Å². The highest BCUT2D eigenvalue weighted by Gasteiger charge is 2.11. The molecule has 1 aromatic carbocycles. The smallest absolute Gasteiger partial charge is 0.258 e. The van der Waals surface area contributed by atoms with Crippen molar-refractivity contribution in [1.29, 1.82) is 0 Å². The van der Waals surface area contributed by atoms with Crippen LogP contribution in [0.15, 0.2) is 18.2 Å². The van der Waals surface area contributed by atoms with E-state index in [1.807, 2.05) is 20.8 Å². The fourth-order valence-electron chi connectivity index (χ4n) is 1.37. The Bertz CT molecular complexity index is 435. The molecule has 0 spiro atoms. The van der Waals surface area contributed by atoms with Crippen LogP contribution in [0, 0.1) is 18.7 Å². The lowest BCUT2D eigenvalue weighted by Gasteiger charge is -2.15. The highest BCUT2D eigenvalue weighted by Crippen LogP contribution is 2.17. The molecule has 2 N–H and O–H groups in total. The van der Waals surface area contributed by atoms with E-state index in [4.69, 9.17) is 4.74 Å². The van der Waals surface area contributed by atoms with E-state index < -0.39 is 11.9 Å². The number of nitrogens with one attached hydrogen (secondary N) is 1. The van der Waals surface area contributed by atoms with Gasteiger partial charge in [0.15, 0.2) is 18.2 Å². The number of aryl methyl sites for hydroxylation is 1. The first-order valence-electron chi connectivity index (χ1n) is 6.24. The molecule has 1 amide bonds. The molecule has 0 bridgehead atoms. The summed E-state index contributed by atoms with van der Waals surface area (Å²) in [6.45, 7) is 5.41. The summed E-state index contributed by atoms with van der Waals surface area (Å²) in [7, 11) is 0. The third-order valence-corrected chi connectivity index (χ3v) is 2.72. The Hall–Kier alpha value is -1.62. The summed E-state index contributed by atoms with van der Waals surface area (Å²) in [6, 6.07) is 4.46. The molecule has 4 nitrogen and oxygen atoms in total. The first kappa shape index (κ1) is 15.4. The largest absolute Gasteiger partial charge is 0.481 e. The Morgan fingerprint density at radius 2 is 2.16 bits per heavy atom. The lowest BCUT2D eigenvalue weighted by molar-refractivity contribution is -0.123. The second-order valence-electron chi connectivity index (χ2n) is 4.84. The molecule has 0 aliphatic carbocycles. The van der Waals surface area contributed by atoms with E-state index in [0.717, 1.165) is 5.56 Å². The zero-order valence-electron chi connectivity index (χ0n) is 11.4. The maximum Gasteiger partial charge on any atom is 0.258 e. The summed E-state index contributed by atoms with van der Waals surface area (Å²) in [6.07, 6.45) is -0.598. The van der Waals surface area contributed by atoms with E-state index in [0.29, 0.717) is 0 Å². The number of hydrogen-bond donors (Lipinski definition) is 2. The number of hydrogen-bond acceptors (Lipinski definition) is 3. The molecular weight excluding hydrogens is 249 g/mol. The van der Waals surface area contributed by atoms with Crippen LogP contribution < -0.4 is 10.1 Å². The van der Waals surface area contributed by atoms with Crippen LogP contribution in [0.3, 0.4) is 0 Å². The van der Waals surface area contributed by atoms with Crippen LogP contribution in [-0.2, 0) is 4.79 Å². The molecule has 0 saturated carbocycles. The number of aliphatic hydroxyl groups is 1. The number of rotatable bonds is 6. The first-order valence-corrected chi connectivity index (χ1v) is 6.24. The van der Waals surface area contributed by atoms with Gasteiger partial charge in [-0.3, -0.25) is 4.79 Å². The lowest BCUT2D eigenvalue weighted by atomic mass is 10.1. The van der Waals surface area contributed by atoms with Crippen molar-refractivity contribution in [3.8, 4) is 5.75 Å². The van der Waals surface area contributed by atoms with Crippen molar-refractivity contribution in [3.63, 3.8) is 0 Å². The molecule has 0 aliphatic rings. The second kappa shape index (κ2) is 7.09. The summed E-state index contributed by atoms with van der Waals surface area (Å²) >= 11 is 0. The minimum atomic E-state index is -0.598. The summed E-state index contributed by atoms with van der Waals surface area (Å²) < 4.78 is 18.4. The molecule has 0 aliphatic heterocycles. The molecule has 0 fully saturated rings. The van der Waals surface area contributed by atoms with Gasteiger partial charge in [0.25, 0.3) is 5.91 Å². The van der Waals surface area contributed by atoms with Crippen LogP contribution in [0.2, 0.25) is 0 Å². The molecule has 0 saturated heterocycles. The molecule has 1 unspecified atom stereocenters. The predicted octanol–water partition coefficient (Wildman–Crippen LogP) is 1.65. The number of carbonyl (C=O) groups is 1. The normalized spacial score (nSPS) is 12.3. The molecule has 106 valence electrons. The SMILES string of the molecule is Cc1ccc(F)c(OCC(=O)NCC(O)C(C)C)c1. The second-order valence-corrected chi connectivity index (χ2v) is 4.84. The third-order valence-electron chi connectivity index (χ3n) is 2.72. The van der Waals surface area contributed by atoms with E-state index in [-0.39, 0.29) is 30.7 Å². The van der Waals surface area contributed by atoms with Gasteiger partial charge < -0.3 is 15.2 Å². The van der Waals surface area contributed by atoms with E-state index in [2.05, 4.69) is 5.32 Å². The van der Waals surface area contributed by atoms with Crippen molar-refractivity contribution in [2.75, 3.05) is 13.2 Å². The summed E-state index contributed by atoms with van der Waals surface area (Å²) in [5.41, 5.74) is 0.854. The molecular formula is C14H20FNO3. The fraction of sp³-hybridized carbons (Fsp3) is 0.500. The average Bonchev–Trinajstić information content (AvgIpc) is 2.36. The standard InChI is InChI=1S/C14H20FNO3/c1-9(2)12(17)7-16-14(18)8-19-13-6-10(3)4-5-11(13)15/h4-6,9,12,17H,7-8H2,1-3H3,(H,16,18). The van der Waals surface area contributed by atoms with Gasteiger partial charge in [0.2, 0.25) is 0 Å². The number of aliphatic hydroxyl groups excluding tert-OH is 1. The van der Waals surface area contributed by atoms with Gasteiger partial charge >= 0.3 is 0 Å². The highest BCUT2D eigenvalue weighted by atomic mass is 19.1. The molecule has 0 aromatic heterocycles. The number of carbonyl (C=O) groups excluding carboxylic acids is 1. The molecule has 1 aromatic rings. The summed E-state index contributed by atoms with van der Waals surface area (Å²) in [4.78, 5) is 11.5. The lowest BCUT2D eigenvalue weighted by Crippen LogP contribution is -2.37. The van der Waals surface area contributed by atoms with Crippen molar-refractivity contribution in [2.24, 2.45) is 5.92 Å². The molecule has 5 heteroatoms. The molecule has 19 heavy (non-hydrogen) atoms. The van der Waals surface area contributed by atoms with Crippen LogP contribution in [0.5, 0.6) is 5.75 Å². The van der Waals surface area contributed by atoms with Crippen molar-refractivity contribution in [1.82, 2.24) is 5.32 Å². The molecule has 0 heterocycles. The van der Waals surface area contributed by atoms with Crippen molar-refractivity contribution >= 4 is 5.91 Å². The minimum absolute atomic E-state index is 0.0551. The van der Waals surface area contributed by atoms with Gasteiger partial charge in [0, 0.05) is 6.54 Å². The Kier molecular flexibility index (Phi) is 5.76. The van der Waals surface area contributed by atoms with Crippen molar-refractivity contribution < 1.29 is 19.0 Å². The summed E-state index contributed by atoms with van der Waals surface area (Å²) in [5.74, 6) is -0.767. The van der Waals surface area contributed by atoms with Gasteiger partial charge in [-0.1, -0.05) is 19.9 Å². The maximum absolute atomic E-state index is 13.3. The Morgan fingerprint density at radius 3 is 2.79 bits per heavy atom. The van der Waals surface area contributed by atoms with Gasteiger partial charge in [-0.15, -0.1) is 0 Å². The first-order chi connectivity index (χ1) is 8.90. The third kappa shape index (κ3) is 5.26. The number of amides is 1. The zero-order chi connectivity index (χ0) is 14.4. The van der Waals surface area contributed by atoms with E-state index in [1.165, 1.54) is 12.1 Å². The Morgan fingerprint density at radius 1 is 1.47 bits per heavy atom. The average molecular weight is 269 g/mol. The van der Waals surface area contributed by atoms with Gasteiger partial charge in [-0.2, -0.15) is 0 Å². The molecule has 0 radical (unpaired) electrons. The topological polar surface area (TPSA) is 58.6 Å². The highest BCUT2D eigenvalue weighted by molar-refractivity contribution is 5.77. The van der Waals surface area contributed by atoms with E-state index >= 15 is 0 Å². The monoisotopic (exact) mass is 269 g/mol. The number of benzene rings is 1. The van der Waals surface area contributed by atoms with Crippen LogP contribution in [0.25, 0.3) is 0 Å². The van der Waals surface area contributed by atoms with Gasteiger partial charge in [0.1, 0.15) is 0 Å². The van der Waals surface area contributed by atoms with Gasteiger partial charge in [-0.25, -0.2) is 4.39 Å². The van der Waals surface area contributed by atoms with Gasteiger partial charge in [-0.05, 0) is 30.5 Å². The van der Waals surface area contributed by atoms with Gasteiger partial charge in [0.05, 0.1) is 6.10 Å². The predicted molar refractivity (Wildman–Crippen MR) is 70.5 cm³/mol. The number of ether oxygens (including phenoxy) is 1. The fourth-order valence-corrected chi connectivity index (χ4v) is 1.37. The Balaban J connectivity index is 2.40. The summed E-state index contributed by atoms with van der Waals surface area (Å²) in [5, 5.41) is 12.1. The van der Waals surface area contributed by atoms with Crippen LogP contribution in [0.1, 0.15) is 19.4 Å². The quantitative estimate of drug-likeness (QED) is 0.825. The molecule has 1 atom stereocenters. The zero-order valence-corrected chi connectivity index (χ0v) is 11.4. The van der Waals surface area contributed by atoms with E-state index in [9.17, 15) is 14.3 Å². The van der Waals surface area contributed by atoms with Crippen molar-refractivity contribution in [2.45, 2.75) is 26.9 Å². The molecule has 1 rings (SSSR count). The van der Waals surface area contributed by atoms with Crippen LogP contribution in [0.4, 0.5) is 4.39 Å². The maximum atomic E-state index is 13.3.